The van der Waals surface area contributed by atoms with Crippen molar-refractivity contribution in [1.82, 2.24) is 5.32 Å². The predicted octanol–water partition coefficient (Wildman–Crippen LogP) is 3.69. The van der Waals surface area contributed by atoms with E-state index in [9.17, 15) is 0 Å². The molecule has 1 N–H and O–H groups in total. The highest BCUT2D eigenvalue weighted by molar-refractivity contribution is 4.96. The molecule has 0 heterocycles. The van der Waals surface area contributed by atoms with E-state index in [1.165, 1.54) is 19.3 Å². The molecule has 0 aliphatic heterocycles. The molecule has 0 radical (unpaired) electrons. The van der Waals surface area contributed by atoms with Gasteiger partial charge in [-0.3, -0.25) is 0 Å². The Hall–Kier alpha value is -0.0400. The second-order valence-electron chi connectivity index (χ2n) is 6.43. The minimum absolute atomic E-state index is 0.463. The summed E-state index contributed by atoms with van der Waals surface area (Å²) >= 11 is 0. The van der Waals surface area contributed by atoms with Crippen molar-refractivity contribution in [3.63, 3.8) is 0 Å². The van der Waals surface area contributed by atoms with Gasteiger partial charge in [0.1, 0.15) is 0 Å². The predicted molar refractivity (Wildman–Crippen MR) is 68.0 cm³/mol. The van der Waals surface area contributed by atoms with E-state index in [1.54, 1.807) is 0 Å². The lowest BCUT2D eigenvalue weighted by Gasteiger charge is -2.36. The lowest BCUT2D eigenvalue weighted by molar-refractivity contribution is 0.135. The molecule has 15 heavy (non-hydrogen) atoms. The van der Waals surface area contributed by atoms with Gasteiger partial charge in [0.05, 0.1) is 0 Å². The van der Waals surface area contributed by atoms with Crippen molar-refractivity contribution >= 4 is 0 Å². The van der Waals surface area contributed by atoms with Gasteiger partial charge in [-0.15, -0.1) is 0 Å². The number of rotatable bonds is 3. The van der Waals surface area contributed by atoms with Gasteiger partial charge in [0.2, 0.25) is 0 Å². The summed E-state index contributed by atoms with van der Waals surface area (Å²) in [5.41, 5.74) is 0.463. The van der Waals surface area contributed by atoms with Crippen molar-refractivity contribution in [2.75, 3.05) is 7.05 Å². The fraction of sp³-hybridized carbons (Fsp3) is 1.00. The van der Waals surface area contributed by atoms with Crippen molar-refractivity contribution in [1.29, 1.82) is 0 Å². The summed E-state index contributed by atoms with van der Waals surface area (Å²) in [6.07, 6.45) is 4.12. The van der Waals surface area contributed by atoms with Gasteiger partial charge in [0.25, 0.3) is 0 Å². The van der Waals surface area contributed by atoms with Crippen LogP contribution in [0.2, 0.25) is 0 Å². The van der Waals surface area contributed by atoms with Crippen molar-refractivity contribution in [2.24, 2.45) is 23.2 Å². The lowest BCUT2D eigenvalue weighted by Crippen LogP contribution is -2.34. The molecule has 1 fully saturated rings. The molecule has 1 rings (SSSR count). The van der Waals surface area contributed by atoms with Crippen LogP contribution in [0.15, 0.2) is 0 Å². The molecule has 4 atom stereocenters. The Balaban J connectivity index is 2.79. The fourth-order valence-electron chi connectivity index (χ4n) is 3.91. The SMILES string of the molecule is CCCC1CC(NC)C(C)C1C(C)(C)C. The van der Waals surface area contributed by atoms with Gasteiger partial charge < -0.3 is 5.32 Å². The van der Waals surface area contributed by atoms with Gasteiger partial charge in [0.15, 0.2) is 0 Å². The standard InChI is InChI=1S/C14H29N/c1-7-8-11-9-12(15-6)10(2)13(11)14(3,4)5/h10-13,15H,7-9H2,1-6H3. The van der Waals surface area contributed by atoms with Gasteiger partial charge in [-0.05, 0) is 36.6 Å². The van der Waals surface area contributed by atoms with Crippen LogP contribution in [0.3, 0.4) is 0 Å². The van der Waals surface area contributed by atoms with E-state index in [1.807, 2.05) is 0 Å². The molecule has 1 nitrogen and oxygen atoms in total. The van der Waals surface area contributed by atoms with Crippen LogP contribution in [0.5, 0.6) is 0 Å². The Labute approximate surface area is 96.0 Å². The summed E-state index contributed by atoms with van der Waals surface area (Å²) < 4.78 is 0. The average Bonchev–Trinajstić information content (AvgIpc) is 2.42. The summed E-state index contributed by atoms with van der Waals surface area (Å²) in [7, 11) is 2.12. The fourth-order valence-corrected chi connectivity index (χ4v) is 3.91. The van der Waals surface area contributed by atoms with Crippen molar-refractivity contribution < 1.29 is 0 Å². The Bertz CT molecular complexity index is 192. The van der Waals surface area contributed by atoms with Crippen LogP contribution >= 0.6 is 0 Å². The lowest BCUT2D eigenvalue weighted by atomic mass is 9.70. The largest absolute Gasteiger partial charge is 0.317 e. The van der Waals surface area contributed by atoms with E-state index in [0.29, 0.717) is 5.41 Å². The van der Waals surface area contributed by atoms with Gasteiger partial charge in [-0.2, -0.15) is 0 Å². The monoisotopic (exact) mass is 211 g/mol. The average molecular weight is 211 g/mol. The van der Waals surface area contributed by atoms with Crippen molar-refractivity contribution in [2.45, 2.75) is 59.9 Å². The first-order chi connectivity index (χ1) is 6.91. The second-order valence-corrected chi connectivity index (χ2v) is 6.43. The third-order valence-electron chi connectivity index (χ3n) is 4.30. The normalized spacial score (nSPS) is 37.2. The zero-order valence-corrected chi connectivity index (χ0v) is 11.4. The molecule has 0 aromatic carbocycles. The zero-order valence-electron chi connectivity index (χ0n) is 11.4. The highest BCUT2D eigenvalue weighted by Crippen LogP contribution is 2.48. The van der Waals surface area contributed by atoms with Crippen LogP contribution in [0.25, 0.3) is 0 Å². The third kappa shape index (κ3) is 2.75. The first-order valence-electron chi connectivity index (χ1n) is 6.59. The molecule has 0 spiro atoms. The topological polar surface area (TPSA) is 12.0 Å². The van der Waals surface area contributed by atoms with Crippen LogP contribution < -0.4 is 5.32 Å². The van der Waals surface area contributed by atoms with Crippen LogP contribution in [0.1, 0.15) is 53.9 Å². The summed E-state index contributed by atoms with van der Waals surface area (Å²) in [4.78, 5) is 0. The quantitative estimate of drug-likeness (QED) is 0.750. The molecular formula is C14H29N. The van der Waals surface area contributed by atoms with Gasteiger partial charge >= 0.3 is 0 Å². The minimum Gasteiger partial charge on any atom is -0.317 e. The van der Waals surface area contributed by atoms with E-state index in [4.69, 9.17) is 0 Å². The van der Waals surface area contributed by atoms with E-state index in [0.717, 1.165) is 23.8 Å². The van der Waals surface area contributed by atoms with Gasteiger partial charge in [0, 0.05) is 6.04 Å². The summed E-state index contributed by atoms with van der Waals surface area (Å²) in [6.45, 7) is 12.0. The van der Waals surface area contributed by atoms with E-state index >= 15 is 0 Å². The Morgan fingerprint density at radius 3 is 2.27 bits per heavy atom. The van der Waals surface area contributed by atoms with Crippen LogP contribution in [0.4, 0.5) is 0 Å². The molecule has 1 aliphatic carbocycles. The van der Waals surface area contributed by atoms with E-state index in [2.05, 4.69) is 47.0 Å². The van der Waals surface area contributed by atoms with Crippen molar-refractivity contribution in [3.05, 3.63) is 0 Å². The molecule has 0 amide bonds. The molecule has 0 aromatic rings. The number of nitrogens with one attached hydrogen (secondary N) is 1. The van der Waals surface area contributed by atoms with Gasteiger partial charge in [-0.25, -0.2) is 0 Å². The second kappa shape index (κ2) is 4.86. The highest BCUT2D eigenvalue weighted by Gasteiger charge is 2.44. The Morgan fingerprint density at radius 2 is 1.87 bits per heavy atom. The maximum absolute atomic E-state index is 3.50. The Morgan fingerprint density at radius 1 is 1.27 bits per heavy atom. The molecular weight excluding hydrogens is 182 g/mol. The first-order valence-corrected chi connectivity index (χ1v) is 6.59. The third-order valence-corrected chi connectivity index (χ3v) is 4.30. The van der Waals surface area contributed by atoms with Crippen LogP contribution in [0, 0.1) is 23.2 Å². The van der Waals surface area contributed by atoms with Gasteiger partial charge in [-0.1, -0.05) is 47.5 Å². The summed E-state index contributed by atoms with van der Waals surface area (Å²) in [5, 5.41) is 3.50. The smallest absolute Gasteiger partial charge is 0.00953 e. The number of hydrogen-bond acceptors (Lipinski definition) is 1. The van der Waals surface area contributed by atoms with E-state index < -0.39 is 0 Å². The molecule has 1 saturated carbocycles. The first kappa shape index (κ1) is 13.0. The highest BCUT2D eigenvalue weighted by atomic mass is 14.9. The molecule has 0 aromatic heterocycles. The summed E-state index contributed by atoms with van der Waals surface area (Å²) in [5.74, 6) is 2.64. The molecule has 0 bridgehead atoms. The maximum atomic E-state index is 3.50. The maximum Gasteiger partial charge on any atom is 0.00953 e. The van der Waals surface area contributed by atoms with E-state index in [-0.39, 0.29) is 0 Å². The molecule has 4 unspecified atom stereocenters. The minimum atomic E-state index is 0.463. The molecule has 1 heteroatoms. The summed E-state index contributed by atoms with van der Waals surface area (Å²) in [6, 6.07) is 0.741. The number of hydrogen-bond donors (Lipinski definition) is 1. The van der Waals surface area contributed by atoms with Crippen molar-refractivity contribution in [3.8, 4) is 0 Å². The van der Waals surface area contributed by atoms with Crippen LogP contribution in [-0.4, -0.2) is 13.1 Å². The molecule has 1 aliphatic rings. The molecule has 0 saturated heterocycles. The van der Waals surface area contributed by atoms with Crippen LogP contribution in [-0.2, 0) is 0 Å². The zero-order chi connectivity index (χ0) is 11.6. The Kier molecular flexibility index (Phi) is 4.22. The molecule has 90 valence electrons.